The van der Waals surface area contributed by atoms with Gasteiger partial charge in [-0.05, 0) is 25.8 Å². The van der Waals surface area contributed by atoms with Crippen molar-refractivity contribution >= 4 is 18.1 Å². The highest BCUT2D eigenvalue weighted by molar-refractivity contribution is 6.02. The normalized spacial score (nSPS) is 30.9. The first-order chi connectivity index (χ1) is 7.24. The molecular weight excluding hydrogens is 196 g/mol. The summed E-state index contributed by atoms with van der Waals surface area (Å²) >= 11 is 0. The first-order valence-electron chi connectivity index (χ1n) is 5.28. The number of aldehydes is 1. The molecule has 0 aliphatic carbocycles. The smallest absolute Gasteiger partial charge is 0.246 e. The van der Waals surface area contributed by atoms with Gasteiger partial charge in [-0.1, -0.05) is 0 Å². The molecule has 5 nitrogen and oxygen atoms in total. The van der Waals surface area contributed by atoms with Crippen molar-refractivity contribution in [3.05, 3.63) is 0 Å². The Morgan fingerprint density at radius 2 is 2.27 bits per heavy atom. The van der Waals surface area contributed by atoms with Crippen LogP contribution < -0.4 is 5.32 Å². The molecule has 2 aliphatic heterocycles. The number of imide groups is 1. The third-order valence-corrected chi connectivity index (χ3v) is 3.01. The van der Waals surface area contributed by atoms with Crippen LogP contribution in [0.3, 0.4) is 0 Å². The zero-order chi connectivity index (χ0) is 10.8. The molecule has 2 heterocycles. The second kappa shape index (κ2) is 4.10. The van der Waals surface area contributed by atoms with Gasteiger partial charge in [-0.2, -0.15) is 0 Å². The standard InChI is InChI=1S/C10H14N2O3/c13-6-7-3-4-9(14)12(7)10(15)8-2-1-5-11-8/h6-8,11H,1-5H2. The maximum atomic E-state index is 11.9. The Bertz CT molecular complexity index is 297. The van der Waals surface area contributed by atoms with Crippen LogP contribution in [0, 0.1) is 0 Å². The van der Waals surface area contributed by atoms with E-state index < -0.39 is 6.04 Å². The molecule has 2 amide bonds. The van der Waals surface area contributed by atoms with Crippen LogP contribution in [0.25, 0.3) is 0 Å². The van der Waals surface area contributed by atoms with Crippen molar-refractivity contribution in [3.8, 4) is 0 Å². The molecule has 0 aromatic heterocycles. The number of likely N-dealkylation sites (tertiary alicyclic amines) is 1. The number of hydrogen-bond donors (Lipinski definition) is 1. The molecule has 0 radical (unpaired) electrons. The third-order valence-electron chi connectivity index (χ3n) is 3.01. The van der Waals surface area contributed by atoms with Crippen molar-refractivity contribution in [3.63, 3.8) is 0 Å². The number of rotatable bonds is 2. The van der Waals surface area contributed by atoms with E-state index in [1.165, 1.54) is 0 Å². The molecule has 2 atom stereocenters. The van der Waals surface area contributed by atoms with E-state index in [1.54, 1.807) is 0 Å². The van der Waals surface area contributed by atoms with E-state index in [0.29, 0.717) is 19.1 Å². The number of amides is 2. The van der Waals surface area contributed by atoms with Gasteiger partial charge in [0.1, 0.15) is 6.29 Å². The summed E-state index contributed by atoms with van der Waals surface area (Å²) < 4.78 is 0. The van der Waals surface area contributed by atoms with Gasteiger partial charge in [-0.15, -0.1) is 0 Å². The predicted molar refractivity (Wildman–Crippen MR) is 52.0 cm³/mol. The van der Waals surface area contributed by atoms with Gasteiger partial charge in [0.15, 0.2) is 0 Å². The number of nitrogens with zero attached hydrogens (tertiary/aromatic N) is 1. The summed E-state index contributed by atoms with van der Waals surface area (Å²) in [5.41, 5.74) is 0. The summed E-state index contributed by atoms with van der Waals surface area (Å²) in [6.45, 7) is 0.810. The van der Waals surface area contributed by atoms with Crippen molar-refractivity contribution in [2.24, 2.45) is 0 Å². The van der Waals surface area contributed by atoms with Crippen LogP contribution in [0.5, 0.6) is 0 Å². The van der Waals surface area contributed by atoms with E-state index in [9.17, 15) is 14.4 Å². The molecule has 0 aromatic carbocycles. The zero-order valence-electron chi connectivity index (χ0n) is 8.44. The Morgan fingerprint density at radius 1 is 1.47 bits per heavy atom. The van der Waals surface area contributed by atoms with Gasteiger partial charge < -0.3 is 10.1 Å². The van der Waals surface area contributed by atoms with Crippen LogP contribution in [-0.4, -0.2) is 41.6 Å². The van der Waals surface area contributed by atoms with Crippen LogP contribution in [0.4, 0.5) is 0 Å². The van der Waals surface area contributed by atoms with Crippen LogP contribution in [0.15, 0.2) is 0 Å². The lowest BCUT2D eigenvalue weighted by Gasteiger charge is -2.22. The molecule has 0 spiro atoms. The van der Waals surface area contributed by atoms with Gasteiger partial charge in [0.25, 0.3) is 0 Å². The molecule has 2 aliphatic rings. The summed E-state index contributed by atoms with van der Waals surface area (Å²) in [4.78, 5) is 35.2. The molecular formula is C10H14N2O3. The van der Waals surface area contributed by atoms with E-state index in [1.807, 2.05) is 0 Å². The summed E-state index contributed by atoms with van der Waals surface area (Å²) in [5.74, 6) is -0.446. The fraction of sp³-hybridized carbons (Fsp3) is 0.700. The Balaban J connectivity index is 2.09. The topological polar surface area (TPSA) is 66.5 Å². The predicted octanol–water partition coefficient (Wildman–Crippen LogP) is -0.545. The van der Waals surface area contributed by atoms with Crippen LogP contribution in [0.2, 0.25) is 0 Å². The second-order valence-corrected chi connectivity index (χ2v) is 3.99. The fourth-order valence-electron chi connectivity index (χ4n) is 2.18. The monoisotopic (exact) mass is 210 g/mol. The average molecular weight is 210 g/mol. The van der Waals surface area contributed by atoms with Crippen LogP contribution >= 0.6 is 0 Å². The third kappa shape index (κ3) is 1.79. The largest absolute Gasteiger partial charge is 0.306 e. The van der Waals surface area contributed by atoms with E-state index in [2.05, 4.69) is 5.32 Å². The Kier molecular flexibility index (Phi) is 2.81. The minimum Gasteiger partial charge on any atom is -0.306 e. The lowest BCUT2D eigenvalue weighted by Crippen LogP contribution is -2.48. The van der Waals surface area contributed by atoms with Gasteiger partial charge in [0, 0.05) is 6.42 Å². The Morgan fingerprint density at radius 3 is 2.87 bits per heavy atom. The lowest BCUT2D eigenvalue weighted by atomic mass is 10.2. The fourth-order valence-corrected chi connectivity index (χ4v) is 2.18. The minimum atomic E-state index is -0.535. The highest BCUT2D eigenvalue weighted by Crippen LogP contribution is 2.20. The van der Waals surface area contributed by atoms with Crippen molar-refractivity contribution in [1.82, 2.24) is 10.2 Å². The molecule has 0 saturated carbocycles. The van der Waals surface area contributed by atoms with E-state index >= 15 is 0 Å². The van der Waals surface area contributed by atoms with Crippen LogP contribution in [-0.2, 0) is 14.4 Å². The SMILES string of the molecule is O=CC1CCC(=O)N1C(=O)C1CCCN1. The summed E-state index contributed by atoms with van der Waals surface area (Å²) in [7, 11) is 0. The molecule has 15 heavy (non-hydrogen) atoms. The quantitative estimate of drug-likeness (QED) is 0.491. The molecule has 2 rings (SSSR count). The molecule has 2 unspecified atom stereocenters. The molecule has 0 aromatic rings. The van der Waals surface area contributed by atoms with Crippen molar-refractivity contribution in [2.75, 3.05) is 6.54 Å². The van der Waals surface area contributed by atoms with Crippen molar-refractivity contribution in [1.29, 1.82) is 0 Å². The van der Waals surface area contributed by atoms with Crippen molar-refractivity contribution in [2.45, 2.75) is 37.8 Å². The zero-order valence-corrected chi connectivity index (χ0v) is 8.44. The van der Waals surface area contributed by atoms with Crippen molar-refractivity contribution < 1.29 is 14.4 Å². The Hall–Kier alpha value is -1.23. The number of nitrogens with one attached hydrogen (secondary N) is 1. The summed E-state index contributed by atoms with van der Waals surface area (Å²) in [6.07, 6.45) is 3.18. The van der Waals surface area contributed by atoms with Gasteiger partial charge in [-0.25, -0.2) is 0 Å². The highest BCUT2D eigenvalue weighted by atomic mass is 16.2. The van der Waals surface area contributed by atoms with Gasteiger partial charge in [-0.3, -0.25) is 14.5 Å². The van der Waals surface area contributed by atoms with Gasteiger partial charge in [0.05, 0.1) is 12.1 Å². The maximum absolute atomic E-state index is 11.9. The summed E-state index contributed by atoms with van der Waals surface area (Å²) in [6, 6.07) is -0.804. The van der Waals surface area contributed by atoms with E-state index in [-0.39, 0.29) is 17.9 Å². The first kappa shape index (κ1) is 10.3. The molecule has 2 fully saturated rings. The molecule has 5 heteroatoms. The summed E-state index contributed by atoms with van der Waals surface area (Å²) in [5, 5.41) is 3.04. The van der Waals surface area contributed by atoms with Crippen LogP contribution in [0.1, 0.15) is 25.7 Å². The molecule has 2 saturated heterocycles. The van der Waals surface area contributed by atoms with Gasteiger partial charge in [0.2, 0.25) is 11.8 Å². The number of hydrogen-bond acceptors (Lipinski definition) is 4. The van der Waals surface area contributed by atoms with E-state index in [0.717, 1.165) is 24.3 Å². The van der Waals surface area contributed by atoms with E-state index in [4.69, 9.17) is 0 Å². The lowest BCUT2D eigenvalue weighted by molar-refractivity contribution is -0.146. The average Bonchev–Trinajstić information content (AvgIpc) is 2.85. The molecule has 0 bridgehead atoms. The molecule has 1 N–H and O–H groups in total. The van der Waals surface area contributed by atoms with Gasteiger partial charge >= 0.3 is 0 Å². The maximum Gasteiger partial charge on any atom is 0.246 e. The molecule has 82 valence electrons. The second-order valence-electron chi connectivity index (χ2n) is 3.99. The number of carbonyl (C=O) groups is 3. The Labute approximate surface area is 87.8 Å². The first-order valence-corrected chi connectivity index (χ1v) is 5.28. The highest BCUT2D eigenvalue weighted by Gasteiger charge is 2.39. The number of carbonyl (C=O) groups excluding carboxylic acids is 3. The minimum absolute atomic E-state index is 0.217.